The fraction of sp³-hybridized carbons (Fsp3) is 0.259. The van der Waals surface area contributed by atoms with E-state index in [4.69, 9.17) is 16.0 Å². The Hall–Kier alpha value is -3.35. The number of rotatable bonds is 4. The highest BCUT2D eigenvalue weighted by atomic mass is 35.5. The fourth-order valence-corrected chi connectivity index (χ4v) is 4.78. The van der Waals surface area contributed by atoms with Crippen LogP contribution in [0.4, 0.5) is 5.69 Å². The molecule has 0 atom stereocenters. The Labute approximate surface area is 203 Å². The van der Waals surface area contributed by atoms with Crippen LogP contribution in [0, 0.1) is 0 Å². The molecule has 2 amide bonds. The first-order chi connectivity index (χ1) is 16.4. The van der Waals surface area contributed by atoms with Gasteiger partial charge in [-0.3, -0.25) is 9.59 Å². The van der Waals surface area contributed by atoms with E-state index in [-0.39, 0.29) is 11.8 Å². The number of carbonyl (C=O) groups is 2. The highest BCUT2D eigenvalue weighted by Crippen LogP contribution is 2.35. The molecule has 0 aliphatic carbocycles. The van der Waals surface area contributed by atoms with Crippen LogP contribution in [-0.2, 0) is 4.79 Å². The second-order valence-electron chi connectivity index (χ2n) is 8.97. The molecular formula is C27H26ClN3O3. The van der Waals surface area contributed by atoms with Gasteiger partial charge in [-0.2, -0.15) is 0 Å². The molecular weight excluding hydrogens is 450 g/mol. The van der Waals surface area contributed by atoms with Gasteiger partial charge in [-0.05, 0) is 75.5 Å². The normalized spacial score (nSPS) is 17.4. The Balaban J connectivity index is 1.35. The van der Waals surface area contributed by atoms with Crippen molar-refractivity contribution in [3.8, 4) is 11.3 Å². The van der Waals surface area contributed by atoms with Crippen molar-refractivity contribution in [3.63, 3.8) is 0 Å². The SMILES string of the molecule is CN(C)C1CCN(C(=O)c2cccc(-c3ccc(C=C4C(=O)Nc5ccc(Cl)cc54)o3)c2)CC1. The number of halogens is 1. The summed E-state index contributed by atoms with van der Waals surface area (Å²) in [6.45, 7) is 1.52. The van der Waals surface area contributed by atoms with E-state index in [1.807, 2.05) is 41.3 Å². The summed E-state index contributed by atoms with van der Waals surface area (Å²) in [7, 11) is 4.18. The maximum absolute atomic E-state index is 13.1. The minimum absolute atomic E-state index is 0.0454. The first-order valence-electron chi connectivity index (χ1n) is 11.4. The molecule has 7 heteroatoms. The molecule has 1 aromatic heterocycles. The standard InChI is InChI=1S/C27H26ClN3O3/c1-30(2)20-10-12-31(13-11-20)27(33)18-5-3-4-17(14-18)25-9-7-21(34-25)16-23-22-15-19(28)6-8-24(22)29-26(23)32/h3-9,14-16,20H,10-13H2,1-2H3,(H,29,32). The highest BCUT2D eigenvalue weighted by Gasteiger charge is 2.26. The number of furan rings is 1. The third-order valence-electron chi connectivity index (χ3n) is 6.55. The molecule has 0 unspecified atom stereocenters. The van der Waals surface area contributed by atoms with Crippen LogP contribution < -0.4 is 5.32 Å². The van der Waals surface area contributed by atoms with Crippen molar-refractivity contribution in [3.05, 3.63) is 76.5 Å². The first-order valence-corrected chi connectivity index (χ1v) is 11.8. The van der Waals surface area contributed by atoms with E-state index in [0.29, 0.717) is 33.7 Å². The van der Waals surface area contributed by atoms with E-state index >= 15 is 0 Å². The van der Waals surface area contributed by atoms with E-state index in [1.54, 1.807) is 24.3 Å². The smallest absolute Gasteiger partial charge is 0.256 e. The van der Waals surface area contributed by atoms with Crippen LogP contribution in [0.1, 0.15) is 34.5 Å². The Morgan fingerprint density at radius 3 is 2.68 bits per heavy atom. The van der Waals surface area contributed by atoms with Crippen LogP contribution in [0.3, 0.4) is 0 Å². The number of hydrogen-bond donors (Lipinski definition) is 1. The van der Waals surface area contributed by atoms with Gasteiger partial charge in [0, 0.05) is 46.5 Å². The van der Waals surface area contributed by atoms with Crippen LogP contribution in [0.2, 0.25) is 5.02 Å². The van der Waals surface area contributed by atoms with Gasteiger partial charge in [0.15, 0.2) is 0 Å². The quantitative estimate of drug-likeness (QED) is 0.523. The van der Waals surface area contributed by atoms with Gasteiger partial charge in [-0.1, -0.05) is 23.7 Å². The molecule has 2 aliphatic heterocycles. The summed E-state index contributed by atoms with van der Waals surface area (Å²) in [4.78, 5) is 29.7. The Morgan fingerprint density at radius 1 is 1.12 bits per heavy atom. The molecule has 1 saturated heterocycles. The summed E-state index contributed by atoms with van der Waals surface area (Å²) in [6, 6.07) is 17.0. The molecule has 0 radical (unpaired) electrons. The van der Waals surface area contributed by atoms with Crippen molar-refractivity contribution in [2.45, 2.75) is 18.9 Å². The molecule has 3 heterocycles. The molecule has 1 N–H and O–H groups in total. The number of amides is 2. The average Bonchev–Trinajstić information content (AvgIpc) is 3.43. The molecule has 0 spiro atoms. The largest absolute Gasteiger partial charge is 0.457 e. The maximum atomic E-state index is 13.1. The van der Waals surface area contributed by atoms with Crippen LogP contribution >= 0.6 is 11.6 Å². The van der Waals surface area contributed by atoms with Crippen LogP contribution in [0.25, 0.3) is 23.0 Å². The molecule has 6 nitrogen and oxygen atoms in total. The highest BCUT2D eigenvalue weighted by molar-refractivity contribution is 6.36. The van der Waals surface area contributed by atoms with E-state index in [9.17, 15) is 9.59 Å². The van der Waals surface area contributed by atoms with Gasteiger partial charge in [0.05, 0.1) is 5.57 Å². The zero-order valence-corrected chi connectivity index (χ0v) is 19.9. The number of hydrogen-bond acceptors (Lipinski definition) is 4. The monoisotopic (exact) mass is 475 g/mol. The lowest BCUT2D eigenvalue weighted by Gasteiger charge is -2.35. The lowest BCUT2D eigenvalue weighted by molar-refractivity contribution is -0.110. The molecule has 0 saturated carbocycles. The number of carbonyl (C=O) groups excluding carboxylic acids is 2. The zero-order chi connectivity index (χ0) is 23.8. The van der Waals surface area contributed by atoms with Crippen molar-refractivity contribution in [1.82, 2.24) is 9.80 Å². The zero-order valence-electron chi connectivity index (χ0n) is 19.2. The second-order valence-corrected chi connectivity index (χ2v) is 9.41. The lowest BCUT2D eigenvalue weighted by Crippen LogP contribution is -2.44. The molecule has 2 aliphatic rings. The molecule has 174 valence electrons. The number of piperidine rings is 1. The Bertz CT molecular complexity index is 1290. The van der Waals surface area contributed by atoms with Crippen LogP contribution in [0.5, 0.6) is 0 Å². The van der Waals surface area contributed by atoms with Gasteiger partial charge in [-0.15, -0.1) is 0 Å². The number of anilines is 1. The summed E-state index contributed by atoms with van der Waals surface area (Å²) in [6.07, 6.45) is 3.68. The van der Waals surface area contributed by atoms with Gasteiger partial charge >= 0.3 is 0 Å². The summed E-state index contributed by atoms with van der Waals surface area (Å²) in [5.41, 5.74) is 3.45. The van der Waals surface area contributed by atoms with E-state index in [2.05, 4.69) is 24.3 Å². The Kier molecular flexibility index (Phi) is 6.02. The van der Waals surface area contributed by atoms with Crippen LogP contribution in [-0.4, -0.2) is 54.8 Å². The van der Waals surface area contributed by atoms with Gasteiger partial charge in [-0.25, -0.2) is 0 Å². The topological polar surface area (TPSA) is 65.8 Å². The summed E-state index contributed by atoms with van der Waals surface area (Å²) >= 11 is 6.12. The Morgan fingerprint density at radius 2 is 1.91 bits per heavy atom. The molecule has 3 aromatic rings. The van der Waals surface area contributed by atoms with Crippen molar-refractivity contribution < 1.29 is 14.0 Å². The van der Waals surface area contributed by atoms with Crippen LogP contribution in [0.15, 0.2) is 59.0 Å². The number of benzene rings is 2. The maximum Gasteiger partial charge on any atom is 0.256 e. The first kappa shape index (κ1) is 22.4. The predicted molar refractivity (Wildman–Crippen MR) is 135 cm³/mol. The average molecular weight is 476 g/mol. The number of fused-ring (bicyclic) bond motifs is 1. The van der Waals surface area contributed by atoms with E-state index in [1.165, 1.54) is 0 Å². The summed E-state index contributed by atoms with van der Waals surface area (Å²) in [5, 5.41) is 3.40. The summed E-state index contributed by atoms with van der Waals surface area (Å²) < 4.78 is 6.03. The second kappa shape index (κ2) is 9.12. The molecule has 0 bridgehead atoms. The van der Waals surface area contributed by atoms with Gasteiger partial charge in [0.1, 0.15) is 11.5 Å². The van der Waals surface area contributed by atoms with Gasteiger partial charge in [0.2, 0.25) is 0 Å². The molecule has 34 heavy (non-hydrogen) atoms. The minimum Gasteiger partial charge on any atom is -0.457 e. The van der Waals surface area contributed by atoms with Crippen molar-refractivity contribution in [1.29, 1.82) is 0 Å². The number of nitrogens with one attached hydrogen (secondary N) is 1. The molecule has 1 fully saturated rings. The third kappa shape index (κ3) is 4.39. The van der Waals surface area contributed by atoms with Crippen molar-refractivity contribution >= 4 is 40.8 Å². The van der Waals surface area contributed by atoms with E-state index < -0.39 is 0 Å². The number of likely N-dealkylation sites (tertiary alicyclic amines) is 1. The van der Waals surface area contributed by atoms with Gasteiger partial charge in [0.25, 0.3) is 11.8 Å². The lowest BCUT2D eigenvalue weighted by atomic mass is 10.0. The molecule has 2 aromatic carbocycles. The molecule has 5 rings (SSSR count). The third-order valence-corrected chi connectivity index (χ3v) is 6.79. The number of nitrogens with zero attached hydrogens (tertiary/aromatic N) is 2. The fourth-order valence-electron chi connectivity index (χ4n) is 4.60. The summed E-state index contributed by atoms with van der Waals surface area (Å²) in [5.74, 6) is 1.04. The van der Waals surface area contributed by atoms with Crippen molar-refractivity contribution in [2.24, 2.45) is 0 Å². The van der Waals surface area contributed by atoms with Gasteiger partial charge < -0.3 is 19.5 Å². The predicted octanol–water partition coefficient (Wildman–Crippen LogP) is 5.26. The van der Waals surface area contributed by atoms with E-state index in [0.717, 1.165) is 42.7 Å². The minimum atomic E-state index is -0.194. The van der Waals surface area contributed by atoms with Crippen molar-refractivity contribution in [2.75, 3.05) is 32.5 Å².